The highest BCUT2D eigenvalue weighted by atomic mass is 19.4. The van der Waals surface area contributed by atoms with Gasteiger partial charge in [-0.15, -0.1) is 0 Å². The molecule has 0 atom stereocenters. The number of hydrogen-bond donors (Lipinski definition) is 1. The van der Waals surface area contributed by atoms with Gasteiger partial charge in [-0.3, -0.25) is 9.78 Å². The number of benzene rings is 1. The summed E-state index contributed by atoms with van der Waals surface area (Å²) < 4.78 is 60.2. The van der Waals surface area contributed by atoms with E-state index in [1.165, 1.54) is 31.6 Å². The molecule has 1 N–H and O–H groups in total. The van der Waals surface area contributed by atoms with Crippen molar-refractivity contribution < 1.29 is 27.1 Å². The number of carbonyl (C=O) groups is 1. The van der Waals surface area contributed by atoms with Crippen LogP contribution in [0.2, 0.25) is 0 Å². The van der Waals surface area contributed by atoms with E-state index in [-0.39, 0.29) is 49.0 Å². The molecule has 3 heterocycles. The van der Waals surface area contributed by atoms with Gasteiger partial charge in [-0.1, -0.05) is 0 Å². The van der Waals surface area contributed by atoms with Crippen LogP contribution in [0.5, 0.6) is 5.88 Å². The summed E-state index contributed by atoms with van der Waals surface area (Å²) in [5, 5.41) is 12.1. The second-order valence-electron chi connectivity index (χ2n) is 8.83. The van der Waals surface area contributed by atoms with Crippen LogP contribution < -0.4 is 15.0 Å². The standard InChI is InChI=1S/C27H25F4N5O2/c1-3-38-24-20(5-4-10-34-24)23-21(28)14-19(16-35-23)26(25(37)33-2)8-11-36(12-9-26)22-7-6-18(27(29,30)31)13-17(22)15-32/h4-7,10,13-14,16H,3,8-9,11-12H2,1-2H3,(H,33,37). The van der Waals surface area contributed by atoms with Gasteiger partial charge in [-0.05, 0) is 61.7 Å². The van der Waals surface area contributed by atoms with Gasteiger partial charge in [-0.2, -0.15) is 18.4 Å². The monoisotopic (exact) mass is 527 g/mol. The van der Waals surface area contributed by atoms with Crippen LogP contribution in [-0.2, 0) is 16.4 Å². The fourth-order valence-electron chi connectivity index (χ4n) is 4.81. The molecule has 38 heavy (non-hydrogen) atoms. The fourth-order valence-corrected chi connectivity index (χ4v) is 4.81. The molecular weight excluding hydrogens is 502 g/mol. The lowest BCUT2D eigenvalue weighted by Gasteiger charge is -2.41. The second kappa shape index (κ2) is 10.7. The summed E-state index contributed by atoms with van der Waals surface area (Å²) in [6.07, 6.45) is -1.11. The van der Waals surface area contributed by atoms with Gasteiger partial charge >= 0.3 is 6.18 Å². The molecule has 0 bridgehead atoms. The molecule has 1 aromatic carbocycles. The molecule has 198 valence electrons. The maximum Gasteiger partial charge on any atom is 0.416 e. The molecule has 1 saturated heterocycles. The van der Waals surface area contributed by atoms with Crippen LogP contribution in [-0.4, -0.2) is 42.6 Å². The number of halogens is 4. The number of pyridine rings is 2. The first-order valence-electron chi connectivity index (χ1n) is 12.0. The molecular formula is C27H25F4N5O2. The van der Waals surface area contributed by atoms with E-state index in [1.807, 2.05) is 6.07 Å². The number of alkyl halides is 3. The minimum absolute atomic E-state index is 0.0400. The van der Waals surface area contributed by atoms with E-state index in [0.717, 1.165) is 12.1 Å². The first-order valence-corrected chi connectivity index (χ1v) is 12.0. The number of piperidine rings is 1. The molecule has 1 fully saturated rings. The summed E-state index contributed by atoms with van der Waals surface area (Å²) in [7, 11) is 1.49. The van der Waals surface area contributed by atoms with E-state index in [2.05, 4.69) is 15.3 Å². The largest absolute Gasteiger partial charge is 0.477 e. The van der Waals surface area contributed by atoms with E-state index < -0.39 is 23.0 Å². The first kappa shape index (κ1) is 26.9. The number of amides is 1. The number of anilines is 1. The van der Waals surface area contributed by atoms with Crippen molar-refractivity contribution >= 4 is 11.6 Å². The van der Waals surface area contributed by atoms with Crippen LogP contribution in [0.4, 0.5) is 23.2 Å². The summed E-state index contributed by atoms with van der Waals surface area (Å²) in [6, 6.07) is 9.44. The van der Waals surface area contributed by atoms with E-state index in [1.54, 1.807) is 24.0 Å². The molecule has 1 aliphatic heterocycles. The summed E-state index contributed by atoms with van der Waals surface area (Å²) >= 11 is 0. The van der Waals surface area contributed by atoms with Gasteiger partial charge in [0.25, 0.3) is 0 Å². The van der Waals surface area contributed by atoms with Gasteiger partial charge in [0.15, 0.2) is 0 Å². The molecule has 2 aromatic heterocycles. The molecule has 11 heteroatoms. The van der Waals surface area contributed by atoms with Crippen LogP contribution >= 0.6 is 0 Å². The maximum atomic E-state index is 15.4. The summed E-state index contributed by atoms with van der Waals surface area (Å²) in [5.41, 5.74) is -0.971. The predicted molar refractivity (Wildman–Crippen MR) is 132 cm³/mol. The molecule has 3 aromatic rings. The average molecular weight is 528 g/mol. The van der Waals surface area contributed by atoms with Crippen molar-refractivity contribution in [3.8, 4) is 23.2 Å². The van der Waals surface area contributed by atoms with Gasteiger partial charge in [-0.25, -0.2) is 9.37 Å². The number of aromatic nitrogens is 2. The van der Waals surface area contributed by atoms with Crippen molar-refractivity contribution in [1.29, 1.82) is 5.26 Å². The van der Waals surface area contributed by atoms with E-state index >= 15 is 4.39 Å². The lowest BCUT2D eigenvalue weighted by molar-refractivity contribution is -0.137. The zero-order valence-corrected chi connectivity index (χ0v) is 20.8. The number of likely N-dealkylation sites (N-methyl/N-ethyl adjacent to an activating group) is 1. The van der Waals surface area contributed by atoms with Gasteiger partial charge in [0.2, 0.25) is 11.8 Å². The van der Waals surface area contributed by atoms with Crippen LogP contribution in [0.1, 0.15) is 36.5 Å². The van der Waals surface area contributed by atoms with E-state index in [4.69, 9.17) is 4.74 Å². The Morgan fingerprint density at radius 1 is 1.21 bits per heavy atom. The third-order valence-corrected chi connectivity index (χ3v) is 6.76. The normalized spacial score (nSPS) is 15.0. The van der Waals surface area contributed by atoms with Crippen molar-refractivity contribution in [1.82, 2.24) is 15.3 Å². The number of nitriles is 1. The smallest absolute Gasteiger partial charge is 0.416 e. The lowest BCUT2D eigenvalue weighted by atomic mass is 9.72. The lowest BCUT2D eigenvalue weighted by Crippen LogP contribution is -2.51. The minimum atomic E-state index is -4.57. The van der Waals surface area contributed by atoms with Crippen LogP contribution in [0.3, 0.4) is 0 Å². The minimum Gasteiger partial charge on any atom is -0.477 e. The Balaban J connectivity index is 1.65. The van der Waals surface area contributed by atoms with Gasteiger partial charge in [0.1, 0.15) is 17.6 Å². The van der Waals surface area contributed by atoms with Crippen LogP contribution in [0.15, 0.2) is 48.8 Å². The Morgan fingerprint density at radius 3 is 2.55 bits per heavy atom. The SMILES string of the molecule is CCOc1ncccc1-c1ncc(C2(C(=O)NC)CCN(c3ccc(C(F)(F)F)cc3C#N)CC2)cc1F. The highest BCUT2D eigenvalue weighted by Gasteiger charge is 2.44. The number of nitrogens with one attached hydrogen (secondary N) is 1. The quantitative estimate of drug-likeness (QED) is 0.461. The van der Waals surface area contributed by atoms with E-state index in [0.29, 0.717) is 23.4 Å². The molecule has 0 spiro atoms. The Morgan fingerprint density at radius 2 is 1.95 bits per heavy atom. The molecule has 0 aliphatic carbocycles. The topological polar surface area (TPSA) is 91.1 Å². The van der Waals surface area contributed by atoms with Crippen molar-refractivity contribution in [3.63, 3.8) is 0 Å². The zero-order valence-electron chi connectivity index (χ0n) is 20.8. The van der Waals surface area contributed by atoms with E-state index in [9.17, 15) is 23.2 Å². The number of rotatable bonds is 6. The molecule has 1 amide bonds. The predicted octanol–water partition coefficient (Wildman–Crippen LogP) is 4.86. The third-order valence-electron chi connectivity index (χ3n) is 6.76. The maximum absolute atomic E-state index is 15.4. The molecule has 1 aliphatic rings. The highest BCUT2D eigenvalue weighted by Crippen LogP contribution is 2.40. The summed E-state index contributed by atoms with van der Waals surface area (Å²) in [6.45, 7) is 2.64. The van der Waals surface area contributed by atoms with Crippen LogP contribution in [0, 0.1) is 17.1 Å². The Bertz CT molecular complexity index is 1380. The fraction of sp³-hybridized carbons (Fsp3) is 0.333. The molecule has 7 nitrogen and oxygen atoms in total. The number of hydrogen-bond acceptors (Lipinski definition) is 6. The Hall–Kier alpha value is -4.20. The van der Waals surface area contributed by atoms with Crippen molar-refractivity contribution in [3.05, 3.63) is 71.3 Å². The average Bonchev–Trinajstić information content (AvgIpc) is 2.92. The molecule has 0 saturated carbocycles. The van der Waals surface area contributed by atoms with Crippen molar-refractivity contribution in [2.45, 2.75) is 31.4 Å². The molecule has 0 radical (unpaired) electrons. The number of nitrogens with zero attached hydrogens (tertiary/aromatic N) is 4. The van der Waals surface area contributed by atoms with Gasteiger partial charge < -0.3 is 15.0 Å². The van der Waals surface area contributed by atoms with Gasteiger partial charge in [0, 0.05) is 32.5 Å². The van der Waals surface area contributed by atoms with Crippen LogP contribution in [0.25, 0.3) is 11.3 Å². The second-order valence-corrected chi connectivity index (χ2v) is 8.83. The number of ether oxygens (including phenoxy) is 1. The van der Waals surface area contributed by atoms with Gasteiger partial charge in [0.05, 0.1) is 34.4 Å². The highest BCUT2D eigenvalue weighted by molar-refractivity contribution is 5.88. The van der Waals surface area contributed by atoms with Crippen molar-refractivity contribution in [2.24, 2.45) is 0 Å². The first-order chi connectivity index (χ1) is 18.1. The molecule has 0 unspecified atom stereocenters. The Labute approximate surface area is 217 Å². The summed E-state index contributed by atoms with van der Waals surface area (Å²) in [5.74, 6) is -0.722. The van der Waals surface area contributed by atoms with Crippen molar-refractivity contribution in [2.75, 3.05) is 31.6 Å². The molecule has 4 rings (SSSR count). The number of carbonyl (C=O) groups excluding carboxylic acids is 1. The third kappa shape index (κ3) is 4.98. The summed E-state index contributed by atoms with van der Waals surface area (Å²) in [4.78, 5) is 23.4. The zero-order chi connectivity index (χ0) is 27.5. The Kier molecular flexibility index (Phi) is 7.53.